The van der Waals surface area contributed by atoms with Crippen LogP contribution in [-0.2, 0) is 6.54 Å². The largest absolute Gasteiger partial charge is 0.337 e. The average Bonchev–Trinajstić information content (AvgIpc) is 3.15. The third-order valence-corrected chi connectivity index (χ3v) is 7.27. The van der Waals surface area contributed by atoms with Crippen molar-refractivity contribution in [2.45, 2.75) is 38.3 Å². The monoisotopic (exact) mass is 391 g/mol. The zero-order valence-electron chi connectivity index (χ0n) is 16.2. The summed E-state index contributed by atoms with van der Waals surface area (Å²) in [5, 5.41) is 3.44. The molecule has 0 N–H and O–H groups in total. The quantitative estimate of drug-likeness (QED) is 0.660. The van der Waals surface area contributed by atoms with Gasteiger partial charge in [-0.3, -0.25) is 9.69 Å². The molecule has 1 spiro atoms. The number of carbonyl (C=O) groups excluding carboxylic acids is 1. The molecule has 144 valence electrons. The smallest absolute Gasteiger partial charge is 0.253 e. The number of amides is 1. The molecular formula is C23H25N3OS. The third-order valence-electron chi connectivity index (χ3n) is 6.37. The molecule has 0 saturated carbocycles. The number of fused-ring (bicyclic) bond motifs is 1. The van der Waals surface area contributed by atoms with E-state index in [0.717, 1.165) is 48.6 Å². The van der Waals surface area contributed by atoms with Crippen LogP contribution in [0.1, 0.15) is 39.5 Å². The minimum atomic E-state index is 0.155. The molecule has 0 aliphatic carbocycles. The van der Waals surface area contributed by atoms with Crippen LogP contribution in [0, 0.1) is 6.92 Å². The second-order valence-corrected chi connectivity index (χ2v) is 9.45. The maximum absolute atomic E-state index is 13.2. The van der Waals surface area contributed by atoms with Crippen LogP contribution in [0.3, 0.4) is 0 Å². The van der Waals surface area contributed by atoms with Gasteiger partial charge >= 0.3 is 0 Å². The number of aromatic nitrogens is 1. The Kier molecular flexibility index (Phi) is 4.44. The van der Waals surface area contributed by atoms with Crippen molar-refractivity contribution in [3.8, 4) is 0 Å². The maximum atomic E-state index is 13.2. The summed E-state index contributed by atoms with van der Waals surface area (Å²) < 4.78 is 0. The van der Waals surface area contributed by atoms with E-state index in [2.05, 4.69) is 39.9 Å². The van der Waals surface area contributed by atoms with Crippen LogP contribution in [0.2, 0.25) is 0 Å². The maximum Gasteiger partial charge on any atom is 0.253 e. The Morgan fingerprint density at radius 2 is 2.00 bits per heavy atom. The molecule has 5 heteroatoms. The number of nitrogens with zero attached hydrogens (tertiary/aromatic N) is 3. The van der Waals surface area contributed by atoms with E-state index in [0.29, 0.717) is 0 Å². The Morgan fingerprint density at radius 3 is 2.75 bits per heavy atom. The van der Waals surface area contributed by atoms with Crippen LogP contribution in [0.15, 0.2) is 48.7 Å². The summed E-state index contributed by atoms with van der Waals surface area (Å²) in [6, 6.07) is 14.3. The van der Waals surface area contributed by atoms with E-state index in [4.69, 9.17) is 0 Å². The zero-order chi connectivity index (χ0) is 19.1. The summed E-state index contributed by atoms with van der Waals surface area (Å²) in [5.74, 6) is 0.172. The van der Waals surface area contributed by atoms with Gasteiger partial charge in [0.1, 0.15) is 0 Å². The molecule has 1 aromatic heterocycles. The lowest BCUT2D eigenvalue weighted by atomic mass is 9.77. The molecule has 2 fully saturated rings. The van der Waals surface area contributed by atoms with Crippen LogP contribution >= 0.6 is 11.3 Å². The van der Waals surface area contributed by atoms with E-state index >= 15 is 0 Å². The molecule has 0 radical (unpaired) electrons. The van der Waals surface area contributed by atoms with Gasteiger partial charge in [-0.25, -0.2) is 4.98 Å². The molecule has 0 unspecified atom stereocenters. The summed E-state index contributed by atoms with van der Waals surface area (Å²) in [6.07, 6.45) is 5.46. The highest BCUT2D eigenvalue weighted by molar-refractivity contribution is 7.11. The Bertz CT molecular complexity index is 1030. The van der Waals surface area contributed by atoms with Crippen LogP contribution in [0.4, 0.5) is 0 Å². The molecular weight excluding hydrogens is 366 g/mol. The van der Waals surface area contributed by atoms with Crippen molar-refractivity contribution >= 4 is 28.0 Å². The van der Waals surface area contributed by atoms with Gasteiger partial charge in [0.25, 0.3) is 5.91 Å². The van der Waals surface area contributed by atoms with E-state index in [1.54, 1.807) is 11.3 Å². The van der Waals surface area contributed by atoms with Crippen molar-refractivity contribution in [2.75, 3.05) is 19.6 Å². The zero-order valence-corrected chi connectivity index (χ0v) is 17.0. The molecule has 4 nitrogen and oxygen atoms in total. The predicted molar refractivity (Wildman–Crippen MR) is 114 cm³/mol. The molecule has 2 aromatic carbocycles. The topological polar surface area (TPSA) is 36.4 Å². The fraction of sp³-hybridized carbons (Fsp3) is 0.391. The number of hydrogen-bond acceptors (Lipinski definition) is 4. The predicted octanol–water partition coefficient (Wildman–Crippen LogP) is 4.49. The number of hydrogen-bond donors (Lipinski definition) is 0. The minimum absolute atomic E-state index is 0.155. The highest BCUT2D eigenvalue weighted by Gasteiger charge is 2.48. The fourth-order valence-electron chi connectivity index (χ4n) is 4.75. The number of carbonyl (C=O) groups is 1. The molecule has 5 rings (SSSR count). The van der Waals surface area contributed by atoms with Crippen molar-refractivity contribution in [3.63, 3.8) is 0 Å². The van der Waals surface area contributed by atoms with E-state index in [1.165, 1.54) is 23.1 Å². The summed E-state index contributed by atoms with van der Waals surface area (Å²) in [6.45, 7) is 5.85. The summed E-state index contributed by atoms with van der Waals surface area (Å²) >= 11 is 1.78. The van der Waals surface area contributed by atoms with Crippen molar-refractivity contribution < 1.29 is 4.79 Å². The lowest BCUT2D eigenvalue weighted by Gasteiger charge is -2.57. The molecule has 1 amide bonds. The van der Waals surface area contributed by atoms with Crippen LogP contribution in [-0.4, -0.2) is 45.9 Å². The second kappa shape index (κ2) is 6.98. The third kappa shape index (κ3) is 3.12. The van der Waals surface area contributed by atoms with Gasteiger partial charge in [-0.1, -0.05) is 30.3 Å². The van der Waals surface area contributed by atoms with Crippen molar-refractivity contribution in [1.29, 1.82) is 0 Å². The first-order chi connectivity index (χ1) is 13.6. The lowest BCUT2D eigenvalue weighted by molar-refractivity contribution is -0.0643. The average molecular weight is 392 g/mol. The first-order valence-corrected chi connectivity index (χ1v) is 10.9. The Hall–Kier alpha value is -2.24. The van der Waals surface area contributed by atoms with Gasteiger partial charge in [-0.05, 0) is 49.1 Å². The summed E-state index contributed by atoms with van der Waals surface area (Å²) in [7, 11) is 0. The van der Waals surface area contributed by atoms with E-state index in [-0.39, 0.29) is 11.4 Å². The Morgan fingerprint density at radius 1 is 1.14 bits per heavy atom. The normalized spacial score (nSPS) is 22.5. The number of thiazole rings is 1. The van der Waals surface area contributed by atoms with Gasteiger partial charge in [0.2, 0.25) is 0 Å². The molecule has 2 aliphatic rings. The first kappa shape index (κ1) is 17.8. The standard InChI is InChI=1S/C23H25N3OS/c1-17-24-14-21(28-17)15-26-12-10-23(26)9-4-11-25(16-23)22(27)20-8-7-18-5-2-3-6-19(18)13-20/h2-3,5-8,13-14H,4,9-12,15-16H2,1H3/t23-/m0/s1. The van der Waals surface area contributed by atoms with Gasteiger partial charge in [0, 0.05) is 48.4 Å². The van der Waals surface area contributed by atoms with Crippen molar-refractivity contribution in [1.82, 2.24) is 14.8 Å². The summed E-state index contributed by atoms with van der Waals surface area (Å²) in [4.78, 5) is 23.6. The lowest BCUT2D eigenvalue weighted by Crippen LogP contribution is -2.66. The molecule has 2 aliphatic heterocycles. The van der Waals surface area contributed by atoms with Crippen molar-refractivity contribution in [3.05, 3.63) is 64.1 Å². The number of aryl methyl sites for hydroxylation is 1. The molecule has 1 atom stereocenters. The van der Waals surface area contributed by atoms with Crippen LogP contribution in [0.5, 0.6) is 0 Å². The highest BCUT2D eigenvalue weighted by atomic mass is 32.1. The SMILES string of the molecule is Cc1ncc(CN2CC[C@]23CCCN(C(=O)c2ccc4ccccc4c2)C3)s1. The molecule has 28 heavy (non-hydrogen) atoms. The second-order valence-electron chi connectivity index (χ2n) is 8.13. The van der Waals surface area contributed by atoms with Crippen LogP contribution in [0.25, 0.3) is 10.8 Å². The van der Waals surface area contributed by atoms with Gasteiger partial charge < -0.3 is 4.90 Å². The van der Waals surface area contributed by atoms with Gasteiger partial charge in [0.15, 0.2) is 0 Å². The molecule has 3 aromatic rings. The van der Waals surface area contributed by atoms with Gasteiger partial charge in [0.05, 0.1) is 5.01 Å². The van der Waals surface area contributed by atoms with Gasteiger partial charge in [-0.15, -0.1) is 11.3 Å². The molecule has 3 heterocycles. The Labute approximate surface area is 169 Å². The van der Waals surface area contributed by atoms with E-state index < -0.39 is 0 Å². The van der Waals surface area contributed by atoms with E-state index in [1.807, 2.05) is 30.5 Å². The Balaban J connectivity index is 1.33. The highest BCUT2D eigenvalue weighted by Crippen LogP contribution is 2.40. The number of rotatable bonds is 3. The van der Waals surface area contributed by atoms with Gasteiger partial charge in [-0.2, -0.15) is 0 Å². The van der Waals surface area contributed by atoms with E-state index in [9.17, 15) is 4.79 Å². The molecule has 0 bridgehead atoms. The summed E-state index contributed by atoms with van der Waals surface area (Å²) in [5.41, 5.74) is 0.961. The fourth-order valence-corrected chi connectivity index (χ4v) is 5.56. The number of benzene rings is 2. The van der Waals surface area contributed by atoms with Crippen LogP contribution < -0.4 is 0 Å². The van der Waals surface area contributed by atoms with Crippen molar-refractivity contribution in [2.24, 2.45) is 0 Å². The number of likely N-dealkylation sites (tertiary alicyclic amines) is 2. The number of piperidine rings is 1. The minimum Gasteiger partial charge on any atom is -0.337 e. The first-order valence-electron chi connectivity index (χ1n) is 10.1. The molecule has 2 saturated heterocycles.